The Bertz CT molecular complexity index is 971. The van der Waals surface area contributed by atoms with Gasteiger partial charge < -0.3 is 5.32 Å². The lowest BCUT2D eigenvalue weighted by Gasteiger charge is -2.09. The van der Waals surface area contributed by atoms with Crippen molar-refractivity contribution in [2.45, 2.75) is 20.3 Å². The summed E-state index contributed by atoms with van der Waals surface area (Å²) in [5.41, 5.74) is -1.11. The molecule has 1 amide bonds. The number of rotatable bonds is 6. The molecule has 0 aliphatic rings. The van der Waals surface area contributed by atoms with E-state index in [-0.39, 0.29) is 22.5 Å². The molecular weight excluding hydrogens is 360 g/mol. The standard InChI is InChI=1S/C16H14N4O7/c1-3-10-4-5-11(6-15(10)20(26)27)17-16(21)13-7-12(18(22)23)8-14(9(13)2)19(24)25/h4-8H,3H2,1-2H3,(H,17,21). The smallest absolute Gasteiger partial charge is 0.279 e. The molecule has 0 saturated carbocycles. The molecule has 11 nitrogen and oxygen atoms in total. The highest BCUT2D eigenvalue weighted by molar-refractivity contribution is 6.06. The number of aryl methyl sites for hydroxylation is 1. The molecule has 2 aromatic rings. The molecular formula is C16H14N4O7. The number of nitro benzene ring substituents is 3. The molecule has 2 aromatic carbocycles. The van der Waals surface area contributed by atoms with E-state index in [0.29, 0.717) is 12.0 Å². The van der Waals surface area contributed by atoms with E-state index in [2.05, 4.69) is 5.32 Å². The van der Waals surface area contributed by atoms with E-state index in [0.717, 1.165) is 18.2 Å². The predicted octanol–water partition coefficient (Wildman–Crippen LogP) is 3.53. The first-order valence-electron chi connectivity index (χ1n) is 7.67. The molecule has 0 aromatic heterocycles. The van der Waals surface area contributed by atoms with Crippen LogP contribution in [0.25, 0.3) is 0 Å². The fraction of sp³-hybridized carbons (Fsp3) is 0.188. The fourth-order valence-electron chi connectivity index (χ4n) is 2.52. The summed E-state index contributed by atoms with van der Waals surface area (Å²) in [7, 11) is 0. The molecule has 0 atom stereocenters. The third kappa shape index (κ3) is 4.03. The van der Waals surface area contributed by atoms with Gasteiger partial charge in [0.2, 0.25) is 0 Å². The molecule has 0 unspecified atom stereocenters. The van der Waals surface area contributed by atoms with Crippen LogP contribution in [0.4, 0.5) is 22.7 Å². The number of non-ortho nitro benzene ring substituents is 1. The van der Waals surface area contributed by atoms with E-state index in [1.54, 1.807) is 6.92 Å². The number of carbonyl (C=O) groups is 1. The van der Waals surface area contributed by atoms with Gasteiger partial charge in [-0.25, -0.2) is 0 Å². The average molecular weight is 374 g/mol. The number of nitrogens with one attached hydrogen (secondary N) is 1. The molecule has 0 fully saturated rings. The zero-order valence-corrected chi connectivity index (χ0v) is 14.3. The van der Waals surface area contributed by atoms with Gasteiger partial charge in [-0.1, -0.05) is 13.0 Å². The molecule has 11 heteroatoms. The van der Waals surface area contributed by atoms with Crippen LogP contribution in [-0.2, 0) is 6.42 Å². The fourth-order valence-corrected chi connectivity index (χ4v) is 2.52. The molecule has 2 rings (SSSR count). The van der Waals surface area contributed by atoms with Crippen LogP contribution < -0.4 is 5.32 Å². The zero-order chi connectivity index (χ0) is 20.3. The van der Waals surface area contributed by atoms with Crippen molar-refractivity contribution in [2.24, 2.45) is 0 Å². The van der Waals surface area contributed by atoms with Gasteiger partial charge in [0.15, 0.2) is 0 Å². The minimum atomic E-state index is -0.849. The summed E-state index contributed by atoms with van der Waals surface area (Å²) in [5.74, 6) is -0.849. The quantitative estimate of drug-likeness (QED) is 0.598. The SMILES string of the molecule is CCc1ccc(NC(=O)c2cc([N+](=O)[O-])cc([N+](=O)[O-])c2C)cc1[N+](=O)[O-]. The first-order valence-corrected chi connectivity index (χ1v) is 7.67. The first kappa shape index (κ1) is 19.4. The minimum absolute atomic E-state index is 0.0530. The molecule has 0 aliphatic carbocycles. The lowest BCUT2D eigenvalue weighted by molar-refractivity contribution is -0.394. The maximum absolute atomic E-state index is 12.5. The normalized spacial score (nSPS) is 10.3. The summed E-state index contributed by atoms with van der Waals surface area (Å²) in [6.07, 6.45) is 0.417. The van der Waals surface area contributed by atoms with Gasteiger partial charge in [-0.2, -0.15) is 0 Å². The van der Waals surface area contributed by atoms with Gasteiger partial charge in [0.1, 0.15) is 0 Å². The van der Waals surface area contributed by atoms with Crippen LogP contribution in [0.3, 0.4) is 0 Å². The average Bonchev–Trinajstić information content (AvgIpc) is 2.61. The summed E-state index contributed by atoms with van der Waals surface area (Å²) < 4.78 is 0. The second-order valence-corrected chi connectivity index (χ2v) is 5.56. The van der Waals surface area contributed by atoms with Gasteiger partial charge in [-0.15, -0.1) is 0 Å². The zero-order valence-electron chi connectivity index (χ0n) is 14.3. The number of anilines is 1. The molecule has 0 spiro atoms. The summed E-state index contributed by atoms with van der Waals surface area (Å²) >= 11 is 0. The molecule has 0 aliphatic heterocycles. The number of benzene rings is 2. The highest BCUT2D eigenvalue weighted by atomic mass is 16.6. The predicted molar refractivity (Wildman–Crippen MR) is 94.9 cm³/mol. The maximum Gasteiger partial charge on any atom is 0.279 e. The van der Waals surface area contributed by atoms with E-state index >= 15 is 0 Å². The van der Waals surface area contributed by atoms with Crippen molar-refractivity contribution in [3.05, 3.63) is 77.4 Å². The lowest BCUT2D eigenvalue weighted by Crippen LogP contribution is -2.15. The monoisotopic (exact) mass is 374 g/mol. The van der Waals surface area contributed by atoms with E-state index < -0.39 is 32.1 Å². The van der Waals surface area contributed by atoms with E-state index in [1.807, 2.05) is 0 Å². The lowest BCUT2D eigenvalue weighted by atomic mass is 10.0. The van der Waals surface area contributed by atoms with Crippen molar-refractivity contribution < 1.29 is 19.6 Å². The van der Waals surface area contributed by atoms with Gasteiger partial charge in [-0.3, -0.25) is 35.1 Å². The molecule has 0 heterocycles. The number of hydrogen-bond donors (Lipinski definition) is 1. The molecule has 0 bridgehead atoms. The van der Waals surface area contributed by atoms with Crippen LogP contribution in [0.5, 0.6) is 0 Å². The highest BCUT2D eigenvalue weighted by Crippen LogP contribution is 2.29. The van der Waals surface area contributed by atoms with Crippen LogP contribution in [-0.4, -0.2) is 20.7 Å². The second kappa shape index (κ2) is 7.56. The number of hydrogen-bond acceptors (Lipinski definition) is 7. The summed E-state index contributed by atoms with van der Waals surface area (Å²) in [6, 6.07) is 5.79. The molecule has 140 valence electrons. The molecule has 0 saturated heterocycles. The van der Waals surface area contributed by atoms with Gasteiger partial charge in [0.25, 0.3) is 23.0 Å². The van der Waals surface area contributed by atoms with E-state index in [4.69, 9.17) is 0 Å². The Labute approximate surface area is 152 Å². The van der Waals surface area contributed by atoms with Crippen molar-refractivity contribution in [3.8, 4) is 0 Å². The van der Waals surface area contributed by atoms with Crippen LogP contribution >= 0.6 is 0 Å². The summed E-state index contributed by atoms with van der Waals surface area (Å²) in [4.78, 5) is 43.5. The number of carbonyl (C=O) groups excluding carboxylic acids is 1. The summed E-state index contributed by atoms with van der Waals surface area (Å²) in [6.45, 7) is 3.03. The minimum Gasteiger partial charge on any atom is -0.322 e. The first-order chi connectivity index (χ1) is 12.6. The Balaban J connectivity index is 2.47. The molecule has 0 radical (unpaired) electrons. The van der Waals surface area contributed by atoms with Crippen LogP contribution in [0.1, 0.15) is 28.4 Å². The Morgan fingerprint density at radius 2 is 1.59 bits per heavy atom. The Morgan fingerprint density at radius 1 is 0.963 bits per heavy atom. The Morgan fingerprint density at radius 3 is 2.11 bits per heavy atom. The van der Waals surface area contributed by atoms with Crippen molar-refractivity contribution in [1.29, 1.82) is 0 Å². The van der Waals surface area contributed by atoms with Crippen LogP contribution in [0, 0.1) is 37.3 Å². The molecule has 1 N–H and O–H groups in total. The van der Waals surface area contributed by atoms with Gasteiger partial charge >= 0.3 is 0 Å². The van der Waals surface area contributed by atoms with Gasteiger partial charge in [0, 0.05) is 28.9 Å². The third-order valence-corrected chi connectivity index (χ3v) is 3.94. The Kier molecular flexibility index (Phi) is 5.44. The van der Waals surface area contributed by atoms with Gasteiger partial charge in [0.05, 0.1) is 26.4 Å². The van der Waals surface area contributed by atoms with Crippen molar-refractivity contribution in [3.63, 3.8) is 0 Å². The van der Waals surface area contributed by atoms with Crippen LogP contribution in [0.2, 0.25) is 0 Å². The topological polar surface area (TPSA) is 159 Å². The van der Waals surface area contributed by atoms with E-state index in [9.17, 15) is 35.1 Å². The second-order valence-electron chi connectivity index (χ2n) is 5.56. The largest absolute Gasteiger partial charge is 0.322 e. The Hall–Kier alpha value is -3.89. The van der Waals surface area contributed by atoms with Crippen molar-refractivity contribution in [1.82, 2.24) is 0 Å². The number of amides is 1. The highest BCUT2D eigenvalue weighted by Gasteiger charge is 2.25. The van der Waals surface area contributed by atoms with Crippen molar-refractivity contribution in [2.75, 3.05) is 5.32 Å². The number of nitro groups is 3. The summed E-state index contributed by atoms with van der Waals surface area (Å²) in [5, 5.41) is 35.6. The maximum atomic E-state index is 12.5. The molecule has 27 heavy (non-hydrogen) atoms. The van der Waals surface area contributed by atoms with Crippen molar-refractivity contribution >= 4 is 28.7 Å². The number of nitrogens with zero attached hydrogens (tertiary/aromatic N) is 3. The van der Waals surface area contributed by atoms with E-state index in [1.165, 1.54) is 19.1 Å². The third-order valence-electron chi connectivity index (χ3n) is 3.94. The van der Waals surface area contributed by atoms with Gasteiger partial charge in [-0.05, 0) is 19.4 Å². The van der Waals surface area contributed by atoms with Crippen LogP contribution in [0.15, 0.2) is 30.3 Å².